The zero-order valence-electron chi connectivity index (χ0n) is 40.1. The predicted molar refractivity (Wildman–Crippen MR) is 278 cm³/mol. The molecule has 6 N–H and O–H groups in total. The van der Waals surface area contributed by atoms with Gasteiger partial charge < -0.3 is 49.6 Å². The third kappa shape index (κ3) is 9.09. The fourth-order valence-electron chi connectivity index (χ4n) is 10.0. The number of H-pyrrole nitrogens is 3. The number of fused-ring (bicyclic) bond motifs is 4. The Morgan fingerprint density at radius 1 is 0.806 bits per heavy atom. The van der Waals surface area contributed by atoms with Crippen molar-refractivity contribution in [2.45, 2.75) is 57.7 Å². The second-order valence-electron chi connectivity index (χ2n) is 19.0. The smallest absolute Gasteiger partial charge is 0.261 e. The Morgan fingerprint density at radius 3 is 2.15 bits per heavy atom. The topological polar surface area (TPSA) is 230 Å². The summed E-state index contributed by atoms with van der Waals surface area (Å²) in [5, 5.41) is 28.5. The van der Waals surface area contributed by atoms with Crippen molar-refractivity contribution in [3.05, 3.63) is 130 Å². The average molecular weight is 1010 g/mol. The Morgan fingerprint density at radius 2 is 1.46 bits per heavy atom. The van der Waals surface area contributed by atoms with Gasteiger partial charge in [-0.25, -0.2) is 15.0 Å². The van der Waals surface area contributed by atoms with Crippen LogP contribution in [0.25, 0.3) is 39.8 Å². The van der Waals surface area contributed by atoms with Crippen LogP contribution in [-0.2, 0) is 0 Å². The summed E-state index contributed by atoms with van der Waals surface area (Å²) in [6, 6.07) is 14.0. The molecule has 2 amide bonds. The SMILES string of the molecule is C=c1c2cc3c(cc2c(O)n1C1CCN(C)CC1)N=C(c1c(Cl)cc[nH]c1=O)N=3.Cc1cc(C)c(OC[C@H](O)CNc2cc[nH]c(=O)c2-c2nc3cc4c(cc3[nH]2)C(=O)N(C2CCN(C)CC2)C4=O)cc1Cl. The maximum atomic E-state index is 13.3. The first-order valence-corrected chi connectivity index (χ1v) is 24.5. The summed E-state index contributed by atoms with van der Waals surface area (Å²) >= 11 is 12.4. The number of rotatable bonds is 10. The molecular formula is C52H53Cl2N11O7. The number of aromatic amines is 3. The van der Waals surface area contributed by atoms with E-state index < -0.39 is 11.7 Å². The summed E-state index contributed by atoms with van der Waals surface area (Å²) in [5.74, 6) is 0.735. The number of nitrogens with one attached hydrogen (secondary N) is 4. The van der Waals surface area contributed by atoms with Crippen molar-refractivity contribution in [1.82, 2.24) is 39.2 Å². The molecule has 4 aromatic heterocycles. The first kappa shape index (κ1) is 48.5. The van der Waals surface area contributed by atoms with Crippen LogP contribution >= 0.6 is 23.2 Å². The number of aliphatic imine (C=N–C) groups is 1. The van der Waals surface area contributed by atoms with Crippen LogP contribution in [0.3, 0.4) is 0 Å². The minimum Gasteiger partial charge on any atom is -0.494 e. The number of anilines is 1. The summed E-state index contributed by atoms with van der Waals surface area (Å²) in [6.07, 6.45) is 5.52. The van der Waals surface area contributed by atoms with Crippen LogP contribution in [0.5, 0.6) is 11.6 Å². The molecule has 372 valence electrons. The lowest BCUT2D eigenvalue weighted by molar-refractivity contribution is 0.0516. The van der Waals surface area contributed by atoms with Crippen LogP contribution in [0, 0.1) is 13.8 Å². The number of pyridine rings is 2. The number of carbonyl (C=O) groups excluding carboxylic acids is 2. The summed E-state index contributed by atoms with van der Waals surface area (Å²) in [6.45, 7) is 11.8. The first-order valence-electron chi connectivity index (χ1n) is 23.8. The van der Waals surface area contributed by atoms with Gasteiger partial charge in [-0.1, -0.05) is 35.8 Å². The number of hydrogen-bond acceptors (Lipinski definition) is 13. The molecule has 0 radical (unpaired) electrons. The molecule has 20 heteroatoms. The van der Waals surface area contributed by atoms with Gasteiger partial charge in [-0.3, -0.25) is 24.1 Å². The molecule has 0 saturated carbocycles. The molecule has 4 aliphatic heterocycles. The molecular weight excluding hydrogens is 962 g/mol. The summed E-state index contributed by atoms with van der Waals surface area (Å²) < 4.78 is 7.73. The zero-order valence-corrected chi connectivity index (χ0v) is 41.6. The van der Waals surface area contributed by atoms with Gasteiger partial charge in [0.05, 0.1) is 43.9 Å². The van der Waals surface area contributed by atoms with Gasteiger partial charge in [-0.15, -0.1) is 0 Å². The number of aliphatic hydroxyl groups excluding tert-OH is 1. The molecule has 11 rings (SSSR count). The first-order chi connectivity index (χ1) is 34.5. The summed E-state index contributed by atoms with van der Waals surface area (Å²) in [7, 11) is 4.14. The lowest BCUT2D eigenvalue weighted by Crippen LogP contribution is -2.46. The van der Waals surface area contributed by atoms with E-state index in [4.69, 9.17) is 27.9 Å². The molecule has 7 aromatic rings. The maximum absolute atomic E-state index is 13.3. The van der Waals surface area contributed by atoms with E-state index in [0.29, 0.717) is 60.1 Å². The van der Waals surface area contributed by atoms with Gasteiger partial charge in [0.25, 0.3) is 22.9 Å². The number of benzene rings is 3. The van der Waals surface area contributed by atoms with Gasteiger partial charge in [0.15, 0.2) is 11.7 Å². The fraction of sp³-hybridized carbons (Fsp3) is 0.327. The molecule has 72 heavy (non-hydrogen) atoms. The molecule has 8 heterocycles. The number of likely N-dealkylation sites (tertiary alicyclic amines) is 2. The number of aliphatic hydroxyl groups is 1. The molecule has 0 unspecified atom stereocenters. The Bertz CT molecular complexity index is 3550. The summed E-state index contributed by atoms with van der Waals surface area (Å²) in [4.78, 5) is 79.6. The number of piperidine rings is 2. The maximum Gasteiger partial charge on any atom is 0.261 e. The van der Waals surface area contributed by atoms with Gasteiger partial charge >= 0.3 is 0 Å². The highest BCUT2D eigenvalue weighted by atomic mass is 35.5. The van der Waals surface area contributed by atoms with Crippen molar-refractivity contribution in [2.75, 3.05) is 58.7 Å². The number of amides is 2. The van der Waals surface area contributed by atoms with Crippen LogP contribution in [-0.4, -0.2) is 133 Å². The highest BCUT2D eigenvalue weighted by molar-refractivity contribution is 6.34. The Hall–Kier alpha value is -7.09. The number of imide groups is 1. The van der Waals surface area contributed by atoms with Crippen molar-refractivity contribution in [3.8, 4) is 23.0 Å². The standard InChI is InChI=1S/C31H33ClN6O5.C21H20ClN5O2/c1-16-10-17(2)26(13-22(16)32)43-15-19(39)14-34-23-4-7-33-29(40)27(23)28-35-24-11-20-21(12-25(24)36-28)31(42)38(30(20)41)18-5-8-37(3)9-6-18;1-11-13-9-16-17(25-19(24-16)18-15(22)3-6-23-20(18)28)10-14(13)21(29)27(11)12-4-7-26(2)8-5-12/h4,7,10-13,18-19,39H,5-6,8-9,14-15H2,1-3H3,(H,35,36)(H2,33,34,40);3,6,9-10,12,29H,1,4-5,7-8H2,2H3,(H,23,28)/t19-;/m1./s1. The Kier molecular flexibility index (Phi) is 13.1. The van der Waals surface area contributed by atoms with E-state index in [1.807, 2.05) is 43.7 Å². The highest BCUT2D eigenvalue weighted by Crippen LogP contribution is 2.35. The van der Waals surface area contributed by atoms with Crippen LogP contribution in [0.2, 0.25) is 10.0 Å². The van der Waals surface area contributed by atoms with E-state index in [1.54, 1.807) is 30.3 Å². The molecule has 0 spiro atoms. The van der Waals surface area contributed by atoms with Crippen molar-refractivity contribution in [3.63, 3.8) is 0 Å². The number of carbonyl (C=O) groups is 2. The largest absolute Gasteiger partial charge is 0.494 e. The minimum absolute atomic E-state index is 0.0125. The quantitative estimate of drug-likeness (QED) is 0.0897. The number of amidine groups is 1. The van der Waals surface area contributed by atoms with Gasteiger partial charge in [0.1, 0.15) is 35.4 Å². The average Bonchev–Trinajstić information content (AvgIpc) is 4.09. The van der Waals surface area contributed by atoms with E-state index >= 15 is 0 Å². The third-order valence-corrected chi connectivity index (χ3v) is 14.7. The predicted octanol–water partition coefficient (Wildman–Crippen LogP) is 5.81. The van der Waals surface area contributed by atoms with E-state index in [-0.39, 0.29) is 71.3 Å². The number of imidazole rings is 1. The van der Waals surface area contributed by atoms with Gasteiger partial charge in [-0.05, 0) is 133 Å². The normalized spacial score (nSPS) is 16.9. The molecule has 2 fully saturated rings. The van der Waals surface area contributed by atoms with Crippen LogP contribution < -0.4 is 31.9 Å². The van der Waals surface area contributed by atoms with Crippen LogP contribution in [0.4, 0.5) is 11.4 Å². The number of aromatic nitrogens is 5. The van der Waals surface area contributed by atoms with Gasteiger partial charge in [0.2, 0.25) is 0 Å². The number of nitrogens with zero attached hydrogens (tertiary/aromatic N) is 7. The molecule has 0 aliphatic carbocycles. The lowest BCUT2D eigenvalue weighted by Gasteiger charge is -2.33. The van der Waals surface area contributed by atoms with Crippen molar-refractivity contribution >= 4 is 80.6 Å². The highest BCUT2D eigenvalue weighted by Gasteiger charge is 2.41. The van der Waals surface area contributed by atoms with E-state index in [0.717, 1.165) is 73.7 Å². The molecule has 18 nitrogen and oxygen atoms in total. The molecule has 1 atom stereocenters. The van der Waals surface area contributed by atoms with Crippen molar-refractivity contribution < 1.29 is 24.5 Å². The number of aromatic hydroxyl groups is 1. The Balaban J connectivity index is 0.000000178. The van der Waals surface area contributed by atoms with E-state index in [1.165, 1.54) is 17.3 Å². The van der Waals surface area contributed by atoms with Crippen molar-refractivity contribution in [2.24, 2.45) is 9.98 Å². The Labute approximate surface area is 422 Å². The molecule has 0 bridgehead atoms. The number of aryl methyl sites for hydroxylation is 2. The second kappa shape index (κ2) is 19.5. The van der Waals surface area contributed by atoms with Crippen LogP contribution in [0.1, 0.15) is 69.1 Å². The zero-order chi connectivity index (χ0) is 50.7. The fourth-order valence-corrected chi connectivity index (χ4v) is 10.4. The molecule has 3 aromatic carbocycles. The number of halogens is 2. The summed E-state index contributed by atoms with van der Waals surface area (Å²) in [5.41, 5.74) is 4.30. The molecule has 4 aliphatic rings. The minimum atomic E-state index is -0.894. The molecule has 2 saturated heterocycles. The van der Waals surface area contributed by atoms with E-state index in [9.17, 15) is 29.4 Å². The van der Waals surface area contributed by atoms with E-state index in [2.05, 4.69) is 58.7 Å². The van der Waals surface area contributed by atoms with Crippen LogP contribution in [0.15, 0.2) is 80.5 Å². The van der Waals surface area contributed by atoms with Crippen molar-refractivity contribution in [1.29, 1.82) is 0 Å². The number of hydrogen-bond donors (Lipinski definition) is 6. The monoisotopic (exact) mass is 1010 g/mol. The van der Waals surface area contributed by atoms with Gasteiger partial charge in [0, 0.05) is 52.2 Å². The number of ether oxygens (including phenoxy) is 1. The van der Waals surface area contributed by atoms with Gasteiger partial charge in [-0.2, -0.15) is 0 Å². The lowest BCUT2D eigenvalue weighted by atomic mass is 10.0. The third-order valence-electron chi connectivity index (χ3n) is 14.0. The second-order valence-corrected chi connectivity index (χ2v) is 19.8.